The number of hydrogen-bond acceptors (Lipinski definition) is 4. The van der Waals surface area contributed by atoms with E-state index in [-0.39, 0.29) is 18.0 Å². The number of nitrogens with zero attached hydrogens (tertiary/aromatic N) is 2. The number of ether oxygens (including phenoxy) is 1. The highest BCUT2D eigenvalue weighted by atomic mass is 19.1. The van der Waals surface area contributed by atoms with Gasteiger partial charge in [-0.15, -0.1) is 0 Å². The maximum atomic E-state index is 13.5. The van der Waals surface area contributed by atoms with Crippen LogP contribution in [0.25, 0.3) is 0 Å². The Hall–Kier alpha value is -2.40. The van der Waals surface area contributed by atoms with Crippen molar-refractivity contribution in [3.8, 4) is 0 Å². The van der Waals surface area contributed by atoms with Crippen LogP contribution in [0.4, 0.5) is 4.39 Å². The van der Waals surface area contributed by atoms with Crippen molar-refractivity contribution in [3.05, 3.63) is 71.0 Å². The SMILES string of the molecule is Fc1ccc([C@H]2c3ccccc3CCN2C2=NC[C@H]3CNC[C@H]3O2)cc1. The van der Waals surface area contributed by atoms with E-state index in [2.05, 4.69) is 34.5 Å². The fraction of sp³-hybridized carbons (Fsp3) is 0.381. The van der Waals surface area contributed by atoms with Crippen molar-refractivity contribution < 1.29 is 9.13 Å². The molecular formula is C21H22FN3O. The third-order valence-corrected chi connectivity index (χ3v) is 5.71. The first-order chi connectivity index (χ1) is 12.8. The molecule has 3 atom stereocenters. The molecule has 0 unspecified atom stereocenters. The second kappa shape index (κ2) is 6.40. The largest absolute Gasteiger partial charge is 0.460 e. The highest BCUT2D eigenvalue weighted by Crippen LogP contribution is 2.36. The lowest BCUT2D eigenvalue weighted by molar-refractivity contribution is 0.103. The number of fused-ring (bicyclic) bond motifs is 2. The summed E-state index contributed by atoms with van der Waals surface area (Å²) in [6.45, 7) is 3.52. The molecule has 0 saturated carbocycles. The molecule has 0 aromatic heterocycles. The van der Waals surface area contributed by atoms with Gasteiger partial charge in [0, 0.05) is 25.6 Å². The normalized spacial score (nSPS) is 27.3. The van der Waals surface area contributed by atoms with E-state index in [0.29, 0.717) is 5.92 Å². The Kier molecular flexibility index (Phi) is 3.89. The van der Waals surface area contributed by atoms with Crippen molar-refractivity contribution in [3.63, 3.8) is 0 Å². The Morgan fingerprint density at radius 3 is 2.81 bits per heavy atom. The van der Waals surface area contributed by atoms with Crippen LogP contribution in [0.1, 0.15) is 22.7 Å². The number of halogens is 1. The number of amidine groups is 1. The van der Waals surface area contributed by atoms with Gasteiger partial charge in [-0.3, -0.25) is 0 Å². The molecule has 1 saturated heterocycles. The molecule has 3 heterocycles. The van der Waals surface area contributed by atoms with Crippen LogP contribution in [0.5, 0.6) is 0 Å². The van der Waals surface area contributed by atoms with E-state index in [9.17, 15) is 4.39 Å². The van der Waals surface area contributed by atoms with Crippen LogP contribution in [0.3, 0.4) is 0 Å². The number of nitrogens with one attached hydrogen (secondary N) is 1. The number of rotatable bonds is 1. The summed E-state index contributed by atoms with van der Waals surface area (Å²) in [6, 6.07) is 16.1. The molecule has 2 aromatic carbocycles. The summed E-state index contributed by atoms with van der Waals surface area (Å²) >= 11 is 0. The first-order valence-corrected chi connectivity index (χ1v) is 9.31. The minimum atomic E-state index is -0.212. The average molecular weight is 351 g/mol. The predicted octanol–water partition coefficient (Wildman–Crippen LogP) is 2.75. The second-order valence-electron chi connectivity index (χ2n) is 7.29. The van der Waals surface area contributed by atoms with Gasteiger partial charge >= 0.3 is 0 Å². The van der Waals surface area contributed by atoms with Crippen LogP contribution in [-0.4, -0.2) is 43.2 Å². The minimum Gasteiger partial charge on any atom is -0.460 e. The fourth-order valence-electron chi connectivity index (χ4n) is 4.33. The second-order valence-corrected chi connectivity index (χ2v) is 7.29. The molecule has 1 fully saturated rings. The highest BCUT2D eigenvalue weighted by molar-refractivity contribution is 5.76. The molecule has 0 aliphatic carbocycles. The maximum Gasteiger partial charge on any atom is 0.288 e. The minimum absolute atomic E-state index is 0.00483. The highest BCUT2D eigenvalue weighted by Gasteiger charge is 2.38. The van der Waals surface area contributed by atoms with Crippen LogP contribution >= 0.6 is 0 Å². The van der Waals surface area contributed by atoms with E-state index in [1.54, 1.807) is 0 Å². The van der Waals surface area contributed by atoms with Gasteiger partial charge in [0.2, 0.25) is 0 Å². The molecule has 26 heavy (non-hydrogen) atoms. The van der Waals surface area contributed by atoms with Gasteiger partial charge in [-0.2, -0.15) is 0 Å². The lowest BCUT2D eigenvalue weighted by Crippen LogP contribution is -2.46. The summed E-state index contributed by atoms with van der Waals surface area (Å²) in [6.07, 6.45) is 1.16. The van der Waals surface area contributed by atoms with Crippen molar-refractivity contribution in [1.82, 2.24) is 10.2 Å². The molecule has 4 nitrogen and oxygen atoms in total. The quantitative estimate of drug-likeness (QED) is 0.858. The molecule has 0 spiro atoms. The summed E-state index contributed by atoms with van der Waals surface area (Å²) in [5, 5.41) is 3.39. The Labute approximate surface area is 152 Å². The lowest BCUT2D eigenvalue weighted by Gasteiger charge is -2.41. The molecule has 5 rings (SSSR count). The van der Waals surface area contributed by atoms with Gasteiger partial charge in [-0.1, -0.05) is 36.4 Å². The number of aliphatic imine (C=N–C) groups is 1. The zero-order valence-electron chi connectivity index (χ0n) is 14.6. The molecule has 134 valence electrons. The zero-order chi connectivity index (χ0) is 17.5. The lowest BCUT2D eigenvalue weighted by atomic mass is 9.88. The van der Waals surface area contributed by atoms with Crippen LogP contribution in [-0.2, 0) is 11.2 Å². The van der Waals surface area contributed by atoms with Crippen LogP contribution in [0, 0.1) is 11.7 Å². The van der Waals surface area contributed by atoms with E-state index in [1.807, 2.05) is 12.1 Å². The monoisotopic (exact) mass is 351 g/mol. The number of hydrogen-bond donors (Lipinski definition) is 1. The summed E-state index contributed by atoms with van der Waals surface area (Å²) in [5.41, 5.74) is 3.66. The van der Waals surface area contributed by atoms with Gasteiger partial charge in [-0.05, 0) is 35.2 Å². The summed E-state index contributed by atoms with van der Waals surface area (Å²) in [7, 11) is 0. The topological polar surface area (TPSA) is 36.9 Å². The van der Waals surface area contributed by atoms with Gasteiger partial charge in [-0.25, -0.2) is 9.38 Å². The van der Waals surface area contributed by atoms with Gasteiger partial charge in [0.05, 0.1) is 12.6 Å². The summed E-state index contributed by atoms with van der Waals surface area (Å²) < 4.78 is 19.8. The van der Waals surface area contributed by atoms with Crippen molar-refractivity contribution in [2.75, 3.05) is 26.2 Å². The molecule has 0 radical (unpaired) electrons. The van der Waals surface area contributed by atoms with E-state index >= 15 is 0 Å². The predicted molar refractivity (Wildman–Crippen MR) is 98.6 cm³/mol. The van der Waals surface area contributed by atoms with Gasteiger partial charge in [0.25, 0.3) is 6.02 Å². The van der Waals surface area contributed by atoms with Gasteiger partial charge < -0.3 is 15.0 Å². The summed E-state index contributed by atoms with van der Waals surface area (Å²) in [4.78, 5) is 7.02. The maximum absolute atomic E-state index is 13.5. The van der Waals surface area contributed by atoms with Crippen LogP contribution in [0.15, 0.2) is 53.5 Å². The van der Waals surface area contributed by atoms with E-state index < -0.39 is 0 Å². The van der Waals surface area contributed by atoms with E-state index in [4.69, 9.17) is 9.73 Å². The zero-order valence-corrected chi connectivity index (χ0v) is 14.6. The number of benzene rings is 2. The molecule has 1 N–H and O–H groups in total. The summed E-state index contributed by atoms with van der Waals surface area (Å²) in [5.74, 6) is 0.260. The van der Waals surface area contributed by atoms with Crippen molar-refractivity contribution in [2.24, 2.45) is 10.9 Å². The van der Waals surface area contributed by atoms with Gasteiger partial charge in [0.15, 0.2) is 0 Å². The van der Waals surface area contributed by atoms with Crippen molar-refractivity contribution in [2.45, 2.75) is 18.6 Å². The smallest absolute Gasteiger partial charge is 0.288 e. The van der Waals surface area contributed by atoms with E-state index in [1.165, 1.54) is 23.3 Å². The molecule has 0 amide bonds. The third kappa shape index (κ3) is 2.67. The van der Waals surface area contributed by atoms with Crippen LogP contribution in [0.2, 0.25) is 0 Å². The molecule has 3 aliphatic heterocycles. The van der Waals surface area contributed by atoms with E-state index in [0.717, 1.165) is 44.2 Å². The molecule has 0 bridgehead atoms. The first-order valence-electron chi connectivity index (χ1n) is 9.31. The average Bonchev–Trinajstić information content (AvgIpc) is 3.16. The fourth-order valence-corrected chi connectivity index (χ4v) is 4.33. The van der Waals surface area contributed by atoms with Gasteiger partial charge in [0.1, 0.15) is 11.9 Å². The Morgan fingerprint density at radius 2 is 1.92 bits per heavy atom. The first kappa shape index (κ1) is 15.8. The Balaban J connectivity index is 1.54. The third-order valence-electron chi connectivity index (χ3n) is 5.71. The van der Waals surface area contributed by atoms with Crippen molar-refractivity contribution in [1.29, 1.82) is 0 Å². The molecule has 3 aliphatic rings. The van der Waals surface area contributed by atoms with Crippen molar-refractivity contribution >= 4 is 6.02 Å². The Bertz CT molecular complexity index is 835. The molecule has 2 aromatic rings. The molecular weight excluding hydrogens is 329 g/mol. The standard InChI is InChI=1S/C21H22FN3O/c22-17-7-5-15(6-8-17)20-18-4-2-1-3-14(18)9-10-25(20)21-24-12-16-11-23-13-19(16)26-21/h1-8,16,19-20,23H,9-13H2/t16-,19-,20+/m1/s1. The van der Waals surface area contributed by atoms with Crippen LogP contribution < -0.4 is 5.32 Å². The Morgan fingerprint density at radius 1 is 1.08 bits per heavy atom. The molecule has 5 heteroatoms.